The van der Waals surface area contributed by atoms with E-state index in [0.29, 0.717) is 11.3 Å². The van der Waals surface area contributed by atoms with Gasteiger partial charge in [0.05, 0.1) is 7.11 Å². The third-order valence-electron chi connectivity index (χ3n) is 3.93. The summed E-state index contributed by atoms with van der Waals surface area (Å²) < 4.78 is 18.0. The highest BCUT2D eigenvalue weighted by molar-refractivity contribution is 5.96. The van der Waals surface area contributed by atoms with E-state index in [1.165, 1.54) is 37.7 Å². The van der Waals surface area contributed by atoms with Crippen molar-refractivity contribution in [3.05, 3.63) is 71.8 Å². The summed E-state index contributed by atoms with van der Waals surface area (Å²) in [5.74, 6) is -0.554. The van der Waals surface area contributed by atoms with Crippen molar-refractivity contribution >= 4 is 29.1 Å². The fraction of sp³-hybridized carbons (Fsp3) is 0.0526. The van der Waals surface area contributed by atoms with Crippen LogP contribution in [-0.4, -0.2) is 28.9 Å². The van der Waals surface area contributed by atoms with E-state index in [9.17, 15) is 14.0 Å². The van der Waals surface area contributed by atoms with Crippen molar-refractivity contribution in [3.63, 3.8) is 0 Å². The number of hydrogen-bond donors (Lipinski definition) is 5. The smallest absolute Gasteiger partial charge is 0.269 e. The van der Waals surface area contributed by atoms with E-state index >= 15 is 0 Å². The van der Waals surface area contributed by atoms with Gasteiger partial charge in [0.2, 0.25) is 0 Å². The second-order valence-corrected chi connectivity index (χ2v) is 5.88. The molecule has 2 aromatic carbocycles. The van der Waals surface area contributed by atoms with Gasteiger partial charge in [-0.3, -0.25) is 31.3 Å². The number of methoxy groups -OCH3 is 1. The van der Waals surface area contributed by atoms with Gasteiger partial charge in [0.15, 0.2) is 11.6 Å². The third kappa shape index (κ3) is 4.90. The van der Waals surface area contributed by atoms with Gasteiger partial charge in [0, 0.05) is 11.1 Å². The highest BCUT2D eigenvalue weighted by Crippen LogP contribution is 2.21. The van der Waals surface area contributed by atoms with Crippen molar-refractivity contribution in [2.24, 2.45) is 0 Å². The third-order valence-corrected chi connectivity index (χ3v) is 3.93. The molecular formula is C19H18FN7O3. The maximum atomic E-state index is 12.9. The van der Waals surface area contributed by atoms with E-state index < -0.39 is 17.6 Å². The van der Waals surface area contributed by atoms with Crippen LogP contribution >= 0.6 is 0 Å². The van der Waals surface area contributed by atoms with Gasteiger partial charge in [-0.15, -0.1) is 0 Å². The Morgan fingerprint density at radius 3 is 1.80 bits per heavy atom. The van der Waals surface area contributed by atoms with Crippen LogP contribution in [-0.2, 0) is 0 Å². The number of nitrogens with two attached hydrogens (primary N) is 1. The Bertz CT molecular complexity index is 1040. The van der Waals surface area contributed by atoms with E-state index in [1.807, 2.05) is 0 Å². The van der Waals surface area contributed by atoms with Crippen molar-refractivity contribution in [1.29, 1.82) is 0 Å². The Labute approximate surface area is 170 Å². The molecule has 0 saturated carbocycles. The molecule has 0 atom stereocenters. The molecule has 11 heteroatoms. The van der Waals surface area contributed by atoms with Crippen molar-refractivity contribution < 1.29 is 18.7 Å². The zero-order valence-electron chi connectivity index (χ0n) is 15.8. The largest absolute Gasteiger partial charge is 0.497 e. The van der Waals surface area contributed by atoms with Crippen LogP contribution < -0.4 is 32.2 Å². The predicted octanol–water partition coefficient (Wildman–Crippen LogP) is 1.72. The minimum atomic E-state index is -0.518. The summed E-state index contributed by atoms with van der Waals surface area (Å²) in [6.07, 6.45) is 1.19. The molecule has 10 nitrogen and oxygen atoms in total. The summed E-state index contributed by atoms with van der Waals surface area (Å²) in [6.45, 7) is 0. The topological polar surface area (TPSA) is 143 Å². The lowest BCUT2D eigenvalue weighted by molar-refractivity contribution is 0.0954. The predicted molar refractivity (Wildman–Crippen MR) is 108 cm³/mol. The Balaban J connectivity index is 1.60. The highest BCUT2D eigenvalue weighted by Gasteiger charge is 2.12. The molecule has 3 aromatic rings. The number of carbonyl (C=O) groups is 2. The molecule has 0 saturated heterocycles. The molecule has 3 rings (SSSR count). The van der Waals surface area contributed by atoms with Gasteiger partial charge in [-0.1, -0.05) is 0 Å². The number of aromatic nitrogens is 2. The Morgan fingerprint density at radius 2 is 1.33 bits per heavy atom. The Morgan fingerprint density at radius 1 is 0.867 bits per heavy atom. The number of nitrogen functional groups attached to an aromatic ring is 1. The number of ether oxygens (including phenoxy) is 1. The van der Waals surface area contributed by atoms with E-state index in [2.05, 4.69) is 31.7 Å². The standard InChI is InChI=1S/C19H18FN7O3/c1-30-14-8-4-12(5-9-14)19(29)27-25-17-15(21)16(22-10-23-17)24-26-18(28)11-2-6-13(20)7-3-11/h2-10H,21H2,1H3,(H,26,28)(H,27,29)(H2,22,23,24,25). The van der Waals surface area contributed by atoms with Crippen molar-refractivity contribution in [3.8, 4) is 5.75 Å². The first-order chi connectivity index (χ1) is 14.5. The van der Waals surface area contributed by atoms with Crippen LogP contribution in [0, 0.1) is 5.82 Å². The Hall–Kier alpha value is -4.41. The van der Waals surface area contributed by atoms with Crippen molar-refractivity contribution in [2.45, 2.75) is 0 Å². The number of amides is 2. The number of carbonyl (C=O) groups excluding carboxylic acids is 2. The molecule has 1 aromatic heterocycles. The number of hydrogen-bond acceptors (Lipinski definition) is 8. The summed E-state index contributed by atoms with van der Waals surface area (Å²) in [7, 11) is 1.53. The van der Waals surface area contributed by atoms with Crippen molar-refractivity contribution in [1.82, 2.24) is 20.8 Å². The quantitative estimate of drug-likeness (QED) is 0.370. The first-order valence-electron chi connectivity index (χ1n) is 8.60. The van der Waals surface area contributed by atoms with E-state index in [-0.39, 0.29) is 22.9 Å². The number of nitrogens with one attached hydrogen (secondary N) is 4. The van der Waals surface area contributed by atoms with Gasteiger partial charge in [0.25, 0.3) is 11.8 Å². The van der Waals surface area contributed by atoms with E-state index in [1.54, 1.807) is 24.3 Å². The molecule has 0 aliphatic rings. The van der Waals surface area contributed by atoms with Crippen LogP contribution in [0.2, 0.25) is 0 Å². The summed E-state index contributed by atoms with van der Waals surface area (Å²) in [6, 6.07) is 11.5. The van der Waals surface area contributed by atoms with Gasteiger partial charge in [0.1, 0.15) is 23.6 Å². The summed E-state index contributed by atoms with van der Waals surface area (Å²) >= 11 is 0. The fourth-order valence-electron chi connectivity index (χ4n) is 2.31. The summed E-state index contributed by atoms with van der Waals surface area (Å²) in [5.41, 5.74) is 16.7. The van der Waals surface area contributed by atoms with Gasteiger partial charge in [-0.05, 0) is 48.5 Å². The number of anilines is 3. The average Bonchev–Trinajstić information content (AvgIpc) is 2.77. The molecule has 30 heavy (non-hydrogen) atoms. The number of rotatable bonds is 7. The number of benzene rings is 2. The number of halogens is 1. The molecule has 0 aliphatic carbocycles. The lowest BCUT2D eigenvalue weighted by Gasteiger charge is -2.13. The second-order valence-electron chi connectivity index (χ2n) is 5.88. The van der Waals surface area contributed by atoms with Crippen LogP contribution in [0.1, 0.15) is 20.7 Å². The highest BCUT2D eigenvalue weighted by atomic mass is 19.1. The molecular weight excluding hydrogens is 393 g/mol. The molecule has 154 valence electrons. The zero-order valence-corrected chi connectivity index (χ0v) is 15.8. The maximum absolute atomic E-state index is 12.9. The van der Waals surface area contributed by atoms with E-state index in [4.69, 9.17) is 10.5 Å². The molecule has 0 fully saturated rings. The molecule has 0 unspecified atom stereocenters. The van der Waals surface area contributed by atoms with Gasteiger partial charge < -0.3 is 10.5 Å². The molecule has 1 heterocycles. The maximum Gasteiger partial charge on any atom is 0.269 e. The van der Waals surface area contributed by atoms with Gasteiger partial charge in [-0.2, -0.15) is 0 Å². The van der Waals surface area contributed by atoms with Gasteiger partial charge in [-0.25, -0.2) is 14.4 Å². The van der Waals surface area contributed by atoms with Crippen LogP contribution in [0.15, 0.2) is 54.9 Å². The van der Waals surface area contributed by atoms with Crippen LogP contribution in [0.3, 0.4) is 0 Å². The monoisotopic (exact) mass is 411 g/mol. The lowest BCUT2D eigenvalue weighted by atomic mass is 10.2. The van der Waals surface area contributed by atoms with Crippen LogP contribution in [0.4, 0.5) is 21.7 Å². The fourth-order valence-corrected chi connectivity index (χ4v) is 2.31. The molecule has 0 spiro atoms. The number of hydrazine groups is 2. The SMILES string of the molecule is COc1ccc(C(=O)NNc2ncnc(NNC(=O)c3ccc(F)cc3)c2N)cc1. The number of nitrogens with zero attached hydrogens (tertiary/aromatic N) is 2. The molecule has 0 aliphatic heterocycles. The first-order valence-corrected chi connectivity index (χ1v) is 8.60. The molecule has 0 radical (unpaired) electrons. The van der Waals surface area contributed by atoms with Crippen LogP contribution in [0.25, 0.3) is 0 Å². The summed E-state index contributed by atoms with van der Waals surface area (Å²) in [5, 5.41) is 0. The van der Waals surface area contributed by atoms with Gasteiger partial charge >= 0.3 is 0 Å². The molecule has 6 N–H and O–H groups in total. The normalized spacial score (nSPS) is 10.1. The zero-order chi connectivity index (χ0) is 21.5. The molecule has 2 amide bonds. The Kier molecular flexibility index (Phi) is 6.23. The molecule has 0 bridgehead atoms. The lowest BCUT2D eigenvalue weighted by Crippen LogP contribution is -2.32. The summed E-state index contributed by atoms with van der Waals surface area (Å²) in [4.78, 5) is 32.2. The minimum Gasteiger partial charge on any atom is -0.497 e. The first kappa shape index (κ1) is 20.3. The van der Waals surface area contributed by atoms with E-state index in [0.717, 1.165) is 0 Å². The average molecular weight is 411 g/mol. The van der Waals surface area contributed by atoms with Crippen LogP contribution in [0.5, 0.6) is 5.75 Å². The van der Waals surface area contributed by atoms with Crippen molar-refractivity contribution in [2.75, 3.05) is 23.7 Å². The second kappa shape index (κ2) is 9.19. The minimum absolute atomic E-state index is 0.0481.